The van der Waals surface area contributed by atoms with Crippen LogP contribution in [0.3, 0.4) is 0 Å². The first kappa shape index (κ1) is 20.6. The summed E-state index contributed by atoms with van der Waals surface area (Å²) in [6.07, 6.45) is 1.40. The van der Waals surface area contributed by atoms with E-state index in [0.29, 0.717) is 22.5 Å². The van der Waals surface area contributed by atoms with Crippen LogP contribution >= 0.6 is 0 Å². The lowest BCUT2D eigenvalue weighted by molar-refractivity contribution is 0.474. The average molecular weight is 426 g/mol. The number of pyridine rings is 1. The van der Waals surface area contributed by atoms with Crippen LogP contribution in [0.4, 0.5) is 17.1 Å². The first-order chi connectivity index (χ1) is 15.4. The minimum absolute atomic E-state index is 0.0198. The van der Waals surface area contributed by atoms with Gasteiger partial charge in [0.25, 0.3) is 10.9 Å². The lowest BCUT2D eigenvalue weighted by Gasteiger charge is -2.20. The van der Waals surface area contributed by atoms with Crippen LogP contribution in [-0.2, 0) is 0 Å². The van der Waals surface area contributed by atoms with Crippen molar-refractivity contribution in [2.24, 2.45) is 0 Å². The number of hydrogen-bond acceptors (Lipinski definition) is 8. The Hall–Kier alpha value is -4.64. The molecule has 8 heteroatoms. The fraction of sp³-hybridized carbons (Fsp3) is 0.0833. The van der Waals surface area contributed by atoms with Gasteiger partial charge in [0.2, 0.25) is 0 Å². The van der Waals surface area contributed by atoms with E-state index in [2.05, 4.69) is 15.6 Å². The summed E-state index contributed by atoms with van der Waals surface area (Å²) in [5, 5.41) is 34.8. The van der Waals surface area contributed by atoms with E-state index >= 15 is 0 Å². The number of benzene rings is 2. The standard InChI is InChI=1S/C24H18N4O4/c1-13(15-3-2-4-17(29)9-15)27-21-22(24(32)23(21)31)28-16-6-8-20(30)18(10-16)19-7-5-14(11-25)12-26-19/h2-10,12-13,27-30H,1H3/t13-/m0/s1. The number of phenols is 2. The van der Waals surface area contributed by atoms with Gasteiger partial charge in [0.1, 0.15) is 28.9 Å². The second-order valence-electron chi connectivity index (χ2n) is 7.27. The van der Waals surface area contributed by atoms with Gasteiger partial charge in [-0.05, 0) is 55.0 Å². The molecule has 4 aromatic rings. The number of rotatable bonds is 6. The minimum atomic E-state index is -0.651. The summed E-state index contributed by atoms with van der Waals surface area (Å²) in [7, 11) is 0. The Labute approximate surface area is 182 Å². The van der Waals surface area contributed by atoms with Gasteiger partial charge in [0.15, 0.2) is 0 Å². The van der Waals surface area contributed by atoms with Crippen molar-refractivity contribution in [1.82, 2.24) is 4.98 Å². The number of nitriles is 1. The number of anilines is 3. The van der Waals surface area contributed by atoms with Gasteiger partial charge in [-0.1, -0.05) is 12.1 Å². The molecule has 0 fully saturated rings. The Kier molecular flexibility index (Phi) is 5.31. The summed E-state index contributed by atoms with van der Waals surface area (Å²) >= 11 is 0. The van der Waals surface area contributed by atoms with E-state index in [0.717, 1.165) is 5.56 Å². The van der Waals surface area contributed by atoms with Crippen LogP contribution in [0.5, 0.6) is 11.5 Å². The second kappa shape index (κ2) is 8.24. The molecule has 1 atom stereocenters. The van der Waals surface area contributed by atoms with E-state index < -0.39 is 10.9 Å². The Balaban J connectivity index is 1.60. The van der Waals surface area contributed by atoms with Gasteiger partial charge in [0, 0.05) is 23.5 Å². The molecule has 0 saturated heterocycles. The minimum Gasteiger partial charge on any atom is -0.508 e. The summed E-state index contributed by atoms with van der Waals surface area (Å²) in [6.45, 7) is 1.81. The van der Waals surface area contributed by atoms with E-state index in [-0.39, 0.29) is 28.9 Å². The molecule has 0 aliphatic heterocycles. The third-order valence-corrected chi connectivity index (χ3v) is 5.08. The molecular weight excluding hydrogens is 408 g/mol. The first-order valence-corrected chi connectivity index (χ1v) is 9.72. The maximum absolute atomic E-state index is 12.2. The van der Waals surface area contributed by atoms with E-state index in [1.54, 1.807) is 48.5 Å². The van der Waals surface area contributed by atoms with Gasteiger partial charge >= 0.3 is 0 Å². The molecule has 158 valence electrons. The monoisotopic (exact) mass is 426 g/mol. The Bertz CT molecular complexity index is 1410. The van der Waals surface area contributed by atoms with Crippen LogP contribution in [0.2, 0.25) is 0 Å². The van der Waals surface area contributed by atoms with Gasteiger partial charge < -0.3 is 20.8 Å². The maximum Gasteiger partial charge on any atom is 0.253 e. The molecule has 32 heavy (non-hydrogen) atoms. The molecule has 0 unspecified atom stereocenters. The number of aromatic nitrogens is 1. The van der Waals surface area contributed by atoms with Crippen molar-refractivity contribution in [3.8, 4) is 28.8 Å². The Morgan fingerprint density at radius 2 is 1.78 bits per heavy atom. The zero-order valence-electron chi connectivity index (χ0n) is 17.0. The number of nitrogens with zero attached hydrogens (tertiary/aromatic N) is 2. The van der Waals surface area contributed by atoms with Crippen LogP contribution in [0.15, 0.2) is 70.4 Å². The summed E-state index contributed by atoms with van der Waals surface area (Å²) in [4.78, 5) is 28.5. The average Bonchev–Trinajstić information content (AvgIpc) is 2.82. The molecule has 3 aromatic carbocycles. The van der Waals surface area contributed by atoms with Gasteiger partial charge in [-0.25, -0.2) is 0 Å². The van der Waals surface area contributed by atoms with Crippen molar-refractivity contribution in [1.29, 1.82) is 5.26 Å². The van der Waals surface area contributed by atoms with Gasteiger partial charge in [-0.15, -0.1) is 0 Å². The fourth-order valence-electron chi connectivity index (χ4n) is 3.33. The fourth-order valence-corrected chi connectivity index (χ4v) is 3.33. The highest BCUT2D eigenvalue weighted by Crippen LogP contribution is 2.33. The van der Waals surface area contributed by atoms with Crippen molar-refractivity contribution in [2.45, 2.75) is 13.0 Å². The van der Waals surface area contributed by atoms with Crippen LogP contribution in [0.25, 0.3) is 11.3 Å². The SMILES string of the molecule is C[C@H](Nc1c(Nc2ccc(O)c(-c3ccc(C#N)cn3)c2)c(=O)c1=O)c1cccc(O)c1. The van der Waals surface area contributed by atoms with Crippen LogP contribution in [-0.4, -0.2) is 15.2 Å². The van der Waals surface area contributed by atoms with Crippen LogP contribution < -0.4 is 21.5 Å². The molecule has 1 aromatic heterocycles. The number of aromatic hydroxyl groups is 2. The van der Waals surface area contributed by atoms with E-state index in [4.69, 9.17) is 5.26 Å². The molecule has 4 N–H and O–H groups in total. The molecule has 0 aliphatic rings. The van der Waals surface area contributed by atoms with Gasteiger partial charge in [0.05, 0.1) is 11.3 Å². The Morgan fingerprint density at radius 1 is 1.00 bits per heavy atom. The maximum atomic E-state index is 12.2. The predicted octanol–water partition coefficient (Wildman–Crippen LogP) is 3.54. The molecule has 0 amide bonds. The van der Waals surface area contributed by atoms with Crippen molar-refractivity contribution < 1.29 is 10.2 Å². The van der Waals surface area contributed by atoms with Gasteiger partial charge in [-0.2, -0.15) is 5.26 Å². The molecule has 8 nitrogen and oxygen atoms in total. The van der Waals surface area contributed by atoms with E-state index in [1.807, 2.05) is 13.0 Å². The molecule has 1 heterocycles. The van der Waals surface area contributed by atoms with Crippen LogP contribution in [0.1, 0.15) is 24.1 Å². The van der Waals surface area contributed by atoms with E-state index in [9.17, 15) is 19.8 Å². The van der Waals surface area contributed by atoms with E-state index in [1.165, 1.54) is 12.3 Å². The predicted molar refractivity (Wildman–Crippen MR) is 121 cm³/mol. The largest absolute Gasteiger partial charge is 0.508 e. The van der Waals surface area contributed by atoms with Gasteiger partial charge in [-0.3, -0.25) is 14.6 Å². The highest BCUT2D eigenvalue weighted by Gasteiger charge is 2.23. The highest BCUT2D eigenvalue weighted by molar-refractivity contribution is 5.81. The van der Waals surface area contributed by atoms with Crippen molar-refractivity contribution in [3.63, 3.8) is 0 Å². The zero-order valence-corrected chi connectivity index (χ0v) is 17.0. The summed E-state index contributed by atoms with van der Waals surface area (Å²) in [5.74, 6) is 0.0844. The molecule has 0 aliphatic carbocycles. The molecule has 4 rings (SSSR count). The second-order valence-corrected chi connectivity index (χ2v) is 7.27. The molecule has 0 saturated carbocycles. The van der Waals surface area contributed by atoms with Crippen molar-refractivity contribution in [3.05, 3.63) is 92.4 Å². The molecule has 0 radical (unpaired) electrons. The summed E-state index contributed by atoms with van der Waals surface area (Å²) in [6, 6.07) is 16.1. The summed E-state index contributed by atoms with van der Waals surface area (Å²) < 4.78 is 0. The molecule has 0 spiro atoms. The van der Waals surface area contributed by atoms with Crippen LogP contribution in [0, 0.1) is 11.3 Å². The Morgan fingerprint density at radius 3 is 2.47 bits per heavy atom. The molecule has 0 bridgehead atoms. The number of hydrogen-bond donors (Lipinski definition) is 4. The third-order valence-electron chi connectivity index (χ3n) is 5.08. The lowest BCUT2D eigenvalue weighted by atomic mass is 10.1. The quantitative estimate of drug-likeness (QED) is 0.272. The lowest BCUT2D eigenvalue weighted by Crippen LogP contribution is -2.37. The summed E-state index contributed by atoms with van der Waals surface area (Å²) in [5.41, 5.74) is 1.46. The number of nitrogens with one attached hydrogen (secondary N) is 2. The normalized spacial score (nSPS) is 11.6. The molecular formula is C24H18N4O4. The number of phenolic OH excluding ortho intramolecular Hbond substituents is 2. The topological polar surface area (TPSA) is 135 Å². The van der Waals surface area contributed by atoms with Crippen molar-refractivity contribution >= 4 is 17.1 Å². The first-order valence-electron chi connectivity index (χ1n) is 9.72. The zero-order chi connectivity index (χ0) is 22.8. The third kappa shape index (κ3) is 3.87. The smallest absolute Gasteiger partial charge is 0.253 e. The highest BCUT2D eigenvalue weighted by atomic mass is 16.3. The van der Waals surface area contributed by atoms with Crippen molar-refractivity contribution in [2.75, 3.05) is 10.6 Å².